The van der Waals surface area contributed by atoms with E-state index >= 15 is 0 Å². The largest absolute Gasteiger partial charge is 0.362 e. The van der Waals surface area contributed by atoms with Crippen LogP contribution < -0.4 is 5.32 Å². The zero-order valence-electron chi connectivity index (χ0n) is 7.31. The molecule has 2 heterocycles. The van der Waals surface area contributed by atoms with Crippen LogP contribution in [0, 0.1) is 0 Å². The van der Waals surface area contributed by atoms with Crippen molar-refractivity contribution in [1.29, 1.82) is 0 Å². The van der Waals surface area contributed by atoms with E-state index < -0.39 is 0 Å². The molecule has 0 atom stereocenters. The first-order chi connectivity index (χ1) is 7.25. The lowest BCUT2D eigenvalue weighted by Crippen LogP contribution is -2.04. The number of rotatable bonds is 3. The van der Waals surface area contributed by atoms with Crippen LogP contribution >= 0.6 is 27.5 Å². The molecule has 1 N–H and O–H groups in total. The van der Waals surface area contributed by atoms with Gasteiger partial charge in [0.25, 0.3) is 0 Å². The molecule has 0 unspecified atom stereocenters. The van der Waals surface area contributed by atoms with Crippen molar-refractivity contribution in [2.75, 3.05) is 5.32 Å². The van der Waals surface area contributed by atoms with Gasteiger partial charge in [0.1, 0.15) is 5.82 Å². The molecular weight excluding hydrogens is 285 g/mol. The maximum atomic E-state index is 5.64. The van der Waals surface area contributed by atoms with Crippen molar-refractivity contribution in [3.05, 3.63) is 28.2 Å². The topological polar surface area (TPSA) is 76.7 Å². The fraction of sp³-hybridized carbons (Fsp3) is 0.143. The molecule has 2 aromatic rings. The molecule has 0 fully saturated rings. The van der Waals surface area contributed by atoms with Crippen molar-refractivity contribution in [1.82, 2.24) is 20.1 Å². The lowest BCUT2D eigenvalue weighted by molar-refractivity contribution is 0.411. The highest BCUT2D eigenvalue weighted by Gasteiger charge is 2.04. The van der Waals surface area contributed by atoms with Crippen molar-refractivity contribution in [3.8, 4) is 0 Å². The second kappa shape index (κ2) is 4.54. The van der Waals surface area contributed by atoms with Crippen LogP contribution in [0.5, 0.6) is 0 Å². The number of aromatic nitrogens is 4. The Morgan fingerprint density at radius 1 is 1.47 bits per heavy atom. The smallest absolute Gasteiger partial charge is 0.224 e. The third-order valence-electron chi connectivity index (χ3n) is 1.54. The van der Waals surface area contributed by atoms with E-state index in [9.17, 15) is 0 Å². The summed E-state index contributed by atoms with van der Waals surface area (Å²) < 4.78 is 5.30. The van der Waals surface area contributed by atoms with Gasteiger partial charge in [0.15, 0.2) is 5.82 Å². The number of anilines is 1. The molecule has 0 aliphatic heterocycles. The van der Waals surface area contributed by atoms with Gasteiger partial charge in [-0.05, 0) is 27.5 Å². The quantitative estimate of drug-likeness (QED) is 0.870. The van der Waals surface area contributed by atoms with Crippen molar-refractivity contribution >= 4 is 33.3 Å². The Morgan fingerprint density at radius 2 is 2.33 bits per heavy atom. The molecule has 0 radical (unpaired) electrons. The molecule has 0 aromatic carbocycles. The third-order valence-corrected chi connectivity index (χ3v) is 2.30. The first-order valence-electron chi connectivity index (χ1n) is 3.93. The summed E-state index contributed by atoms with van der Waals surface area (Å²) in [6.07, 6.45) is 2.83. The van der Waals surface area contributed by atoms with Gasteiger partial charge in [-0.15, -0.1) is 0 Å². The monoisotopic (exact) mass is 289 g/mol. The Balaban J connectivity index is 2.07. The Labute approximate surface area is 98.2 Å². The molecule has 6 nitrogen and oxygen atoms in total. The van der Waals surface area contributed by atoms with Gasteiger partial charge >= 0.3 is 0 Å². The number of nitrogens with zero attached hydrogens (tertiary/aromatic N) is 4. The van der Waals surface area contributed by atoms with Gasteiger partial charge in [0.05, 0.1) is 11.0 Å². The van der Waals surface area contributed by atoms with Gasteiger partial charge in [-0.2, -0.15) is 9.97 Å². The molecule has 0 amide bonds. The van der Waals surface area contributed by atoms with Gasteiger partial charge in [-0.25, -0.2) is 4.98 Å². The Kier molecular flexibility index (Phi) is 3.12. The zero-order valence-corrected chi connectivity index (χ0v) is 9.66. The highest BCUT2D eigenvalue weighted by molar-refractivity contribution is 9.10. The SMILES string of the molecule is Clc1ncc(Br)c(NCc2ncon2)n1. The summed E-state index contributed by atoms with van der Waals surface area (Å²) in [5.41, 5.74) is 0. The molecule has 0 saturated carbocycles. The summed E-state index contributed by atoms with van der Waals surface area (Å²) in [7, 11) is 0. The van der Waals surface area contributed by atoms with Crippen LogP contribution in [0.25, 0.3) is 0 Å². The Morgan fingerprint density at radius 3 is 3.07 bits per heavy atom. The minimum atomic E-state index is 0.175. The van der Waals surface area contributed by atoms with Crippen LogP contribution in [-0.4, -0.2) is 20.1 Å². The van der Waals surface area contributed by atoms with Gasteiger partial charge in [-0.1, -0.05) is 5.16 Å². The second-order valence-corrected chi connectivity index (χ2v) is 3.73. The molecule has 8 heteroatoms. The molecule has 15 heavy (non-hydrogen) atoms. The lowest BCUT2D eigenvalue weighted by atomic mass is 10.5. The number of hydrogen-bond acceptors (Lipinski definition) is 6. The molecule has 0 aliphatic rings. The van der Waals surface area contributed by atoms with Gasteiger partial charge in [-0.3, -0.25) is 0 Å². The average Bonchev–Trinajstić information content (AvgIpc) is 2.72. The maximum absolute atomic E-state index is 5.64. The molecule has 2 rings (SSSR count). The fourth-order valence-corrected chi connectivity index (χ4v) is 1.37. The molecule has 0 saturated heterocycles. The van der Waals surface area contributed by atoms with Crippen molar-refractivity contribution in [3.63, 3.8) is 0 Å². The second-order valence-electron chi connectivity index (χ2n) is 2.54. The van der Waals surface area contributed by atoms with Crippen molar-refractivity contribution in [2.45, 2.75) is 6.54 Å². The first kappa shape index (κ1) is 10.3. The van der Waals surface area contributed by atoms with E-state index in [0.29, 0.717) is 18.2 Å². The molecule has 0 spiro atoms. The number of hydrogen-bond donors (Lipinski definition) is 1. The normalized spacial score (nSPS) is 10.3. The predicted molar refractivity (Wildman–Crippen MR) is 56.4 cm³/mol. The van der Waals surface area contributed by atoms with Crippen molar-refractivity contribution < 1.29 is 4.52 Å². The van der Waals surface area contributed by atoms with E-state index in [-0.39, 0.29) is 5.28 Å². The third kappa shape index (κ3) is 2.63. The van der Waals surface area contributed by atoms with Gasteiger partial charge < -0.3 is 9.84 Å². The minimum absolute atomic E-state index is 0.175. The maximum Gasteiger partial charge on any atom is 0.224 e. The summed E-state index contributed by atoms with van der Waals surface area (Å²) >= 11 is 8.93. The van der Waals surface area contributed by atoms with Crippen LogP contribution in [0.3, 0.4) is 0 Å². The van der Waals surface area contributed by atoms with E-state index in [1.54, 1.807) is 6.20 Å². The highest BCUT2D eigenvalue weighted by atomic mass is 79.9. The molecule has 0 bridgehead atoms. The van der Waals surface area contributed by atoms with Gasteiger partial charge in [0.2, 0.25) is 11.7 Å². The Bertz CT molecular complexity index is 449. The molecule has 0 aliphatic carbocycles. The summed E-state index contributed by atoms with van der Waals surface area (Å²) in [6, 6.07) is 0. The van der Waals surface area contributed by atoms with Crippen LogP contribution in [0.15, 0.2) is 21.6 Å². The predicted octanol–water partition coefficient (Wildman–Crippen LogP) is 1.89. The van der Waals surface area contributed by atoms with E-state index in [2.05, 4.69) is 45.9 Å². The van der Waals surface area contributed by atoms with Crippen LogP contribution in [-0.2, 0) is 6.54 Å². The zero-order chi connectivity index (χ0) is 10.7. The summed E-state index contributed by atoms with van der Waals surface area (Å²) in [5.74, 6) is 1.12. The van der Waals surface area contributed by atoms with E-state index in [1.165, 1.54) is 6.39 Å². The molecule has 78 valence electrons. The highest BCUT2D eigenvalue weighted by Crippen LogP contribution is 2.20. The summed E-state index contributed by atoms with van der Waals surface area (Å²) in [4.78, 5) is 11.6. The van der Waals surface area contributed by atoms with Crippen LogP contribution in [0.2, 0.25) is 5.28 Å². The fourth-order valence-electron chi connectivity index (χ4n) is 0.903. The summed E-state index contributed by atoms with van der Waals surface area (Å²) in [5, 5.41) is 6.81. The minimum Gasteiger partial charge on any atom is -0.362 e. The summed E-state index contributed by atoms with van der Waals surface area (Å²) in [6.45, 7) is 0.405. The van der Waals surface area contributed by atoms with E-state index in [4.69, 9.17) is 11.6 Å². The van der Waals surface area contributed by atoms with E-state index in [1.807, 2.05) is 0 Å². The first-order valence-corrected chi connectivity index (χ1v) is 5.10. The molecular formula is C7H5BrClN5O. The standard InChI is InChI=1S/C7H5BrClN5O/c8-4-1-11-7(9)13-6(4)10-2-5-12-3-15-14-5/h1,3H,2H2,(H,10,11,13). The average molecular weight is 291 g/mol. The number of halogens is 2. The van der Waals surface area contributed by atoms with E-state index in [0.717, 1.165) is 4.47 Å². The van der Waals surface area contributed by atoms with Gasteiger partial charge in [0, 0.05) is 6.20 Å². The van der Waals surface area contributed by atoms with Crippen LogP contribution in [0.4, 0.5) is 5.82 Å². The molecule has 2 aromatic heterocycles. The lowest BCUT2D eigenvalue weighted by Gasteiger charge is -2.04. The number of nitrogens with one attached hydrogen (secondary N) is 1. The van der Waals surface area contributed by atoms with Crippen molar-refractivity contribution in [2.24, 2.45) is 0 Å². The van der Waals surface area contributed by atoms with Crippen LogP contribution in [0.1, 0.15) is 5.82 Å². The Hall–Kier alpha value is -1.21.